The van der Waals surface area contributed by atoms with Gasteiger partial charge in [0.15, 0.2) is 0 Å². The van der Waals surface area contributed by atoms with E-state index < -0.39 is 0 Å². The molecule has 0 aliphatic carbocycles. The molecule has 0 spiro atoms. The number of rotatable bonds is 3. The highest BCUT2D eigenvalue weighted by molar-refractivity contribution is 6.00. The summed E-state index contributed by atoms with van der Waals surface area (Å²) in [6.45, 7) is 3.41. The Morgan fingerprint density at radius 3 is 2.77 bits per heavy atom. The van der Waals surface area contributed by atoms with Crippen LogP contribution in [0.25, 0.3) is 39.1 Å². The number of likely N-dealkylation sites (tertiary alicyclic amines) is 1. The standard InChI is InChI=1S/C28H29FN8O2/c29-19-11-18-15-36(28(39)34-7-4-17(13-30)5-8-34)10-9-35-16-21(20(12-19)26(18)35)25-24(27(38)33-32-25)22-14-31-23-3-1-2-6-37(22)23/h1-3,6,11-12,14,16-17H,4-5,7-10,13,15,30H2,(H2,32,33,38). The summed E-state index contributed by atoms with van der Waals surface area (Å²) < 4.78 is 19.0. The molecular weight excluding hydrogens is 499 g/mol. The van der Waals surface area contributed by atoms with Gasteiger partial charge in [0.05, 0.1) is 28.7 Å². The molecule has 1 saturated heterocycles. The highest BCUT2D eigenvalue weighted by Crippen LogP contribution is 2.37. The number of urea groups is 1. The Balaban J connectivity index is 1.29. The summed E-state index contributed by atoms with van der Waals surface area (Å²) in [7, 11) is 0. The van der Waals surface area contributed by atoms with Crippen molar-refractivity contribution in [1.29, 1.82) is 0 Å². The second-order valence-corrected chi connectivity index (χ2v) is 10.5. The number of pyridine rings is 1. The number of aromatic nitrogens is 5. The predicted octanol–water partition coefficient (Wildman–Crippen LogP) is 3.38. The lowest BCUT2D eigenvalue weighted by Gasteiger charge is -2.35. The monoisotopic (exact) mass is 528 g/mol. The molecule has 200 valence electrons. The molecule has 39 heavy (non-hydrogen) atoms. The van der Waals surface area contributed by atoms with Crippen LogP contribution in [0.5, 0.6) is 0 Å². The average molecular weight is 529 g/mol. The van der Waals surface area contributed by atoms with Crippen LogP contribution in [0.15, 0.2) is 53.7 Å². The van der Waals surface area contributed by atoms with Crippen LogP contribution in [0.3, 0.4) is 0 Å². The molecule has 11 heteroatoms. The minimum atomic E-state index is -0.385. The zero-order chi connectivity index (χ0) is 26.7. The number of nitrogens with zero attached hydrogens (tertiary/aromatic N) is 5. The molecule has 2 amide bonds. The van der Waals surface area contributed by atoms with E-state index in [4.69, 9.17) is 5.73 Å². The van der Waals surface area contributed by atoms with Gasteiger partial charge in [0.2, 0.25) is 0 Å². The number of H-pyrrole nitrogens is 2. The van der Waals surface area contributed by atoms with Crippen molar-refractivity contribution in [2.45, 2.75) is 25.9 Å². The summed E-state index contributed by atoms with van der Waals surface area (Å²) in [6, 6.07) is 8.64. The first-order valence-electron chi connectivity index (χ1n) is 13.3. The molecule has 0 unspecified atom stereocenters. The van der Waals surface area contributed by atoms with E-state index in [2.05, 4.69) is 19.7 Å². The fourth-order valence-corrected chi connectivity index (χ4v) is 6.14. The summed E-state index contributed by atoms with van der Waals surface area (Å²) in [5.41, 5.74) is 10.2. The average Bonchev–Trinajstić information content (AvgIpc) is 3.61. The van der Waals surface area contributed by atoms with E-state index in [0.717, 1.165) is 29.6 Å². The fourth-order valence-electron chi connectivity index (χ4n) is 6.14. The van der Waals surface area contributed by atoms with Crippen LogP contribution in [0.1, 0.15) is 18.4 Å². The molecule has 0 saturated carbocycles. The van der Waals surface area contributed by atoms with Gasteiger partial charge in [-0.15, -0.1) is 0 Å². The van der Waals surface area contributed by atoms with Crippen molar-refractivity contribution < 1.29 is 9.18 Å². The maximum Gasteiger partial charge on any atom is 0.320 e. The molecule has 5 aromatic rings. The Morgan fingerprint density at radius 1 is 1.10 bits per heavy atom. The van der Waals surface area contributed by atoms with Crippen molar-refractivity contribution in [3.8, 4) is 22.5 Å². The molecule has 6 heterocycles. The number of carbonyl (C=O) groups is 1. The van der Waals surface area contributed by atoms with Gasteiger partial charge in [-0.3, -0.25) is 19.4 Å². The third-order valence-electron chi connectivity index (χ3n) is 8.20. The number of nitrogens with two attached hydrogens (primary N) is 1. The topological polar surface area (TPSA) is 120 Å². The Labute approximate surface area is 222 Å². The van der Waals surface area contributed by atoms with Gasteiger partial charge in [-0.05, 0) is 55.1 Å². The first-order valence-corrected chi connectivity index (χ1v) is 13.3. The zero-order valence-corrected chi connectivity index (χ0v) is 21.4. The lowest BCUT2D eigenvalue weighted by molar-refractivity contribution is 0.130. The molecule has 2 aliphatic heterocycles. The summed E-state index contributed by atoms with van der Waals surface area (Å²) in [6.07, 6.45) is 7.30. The molecule has 7 rings (SSSR count). The summed E-state index contributed by atoms with van der Waals surface area (Å²) in [4.78, 5) is 34.6. The van der Waals surface area contributed by atoms with Crippen molar-refractivity contribution in [2.75, 3.05) is 26.2 Å². The number of hydrogen-bond acceptors (Lipinski definition) is 4. The van der Waals surface area contributed by atoms with E-state index in [1.807, 2.05) is 44.8 Å². The van der Waals surface area contributed by atoms with E-state index in [1.165, 1.54) is 12.1 Å². The second-order valence-electron chi connectivity index (χ2n) is 10.5. The number of carbonyl (C=O) groups excluding carboxylic acids is 1. The first-order chi connectivity index (χ1) is 19.0. The highest BCUT2D eigenvalue weighted by atomic mass is 19.1. The first kappa shape index (κ1) is 23.7. The molecule has 0 radical (unpaired) electrons. The number of piperidine rings is 1. The maximum atomic E-state index is 15.1. The minimum absolute atomic E-state index is 0.0151. The molecule has 1 fully saturated rings. The molecule has 1 aromatic carbocycles. The van der Waals surface area contributed by atoms with E-state index in [1.54, 1.807) is 6.20 Å². The van der Waals surface area contributed by atoms with Crippen LogP contribution in [-0.4, -0.2) is 66.2 Å². The Bertz CT molecular complexity index is 1770. The smallest absolute Gasteiger partial charge is 0.320 e. The van der Waals surface area contributed by atoms with Crippen molar-refractivity contribution in [1.82, 2.24) is 33.9 Å². The van der Waals surface area contributed by atoms with Crippen LogP contribution in [0.4, 0.5) is 9.18 Å². The number of aromatic amines is 2. The normalized spacial score (nSPS) is 16.4. The number of imidazole rings is 1. The van der Waals surface area contributed by atoms with Crippen molar-refractivity contribution >= 4 is 22.6 Å². The molecule has 0 atom stereocenters. The summed E-state index contributed by atoms with van der Waals surface area (Å²) >= 11 is 0. The molecule has 4 aromatic heterocycles. The van der Waals surface area contributed by atoms with Gasteiger partial charge in [0.25, 0.3) is 5.56 Å². The van der Waals surface area contributed by atoms with Gasteiger partial charge in [-0.2, -0.15) is 0 Å². The SMILES string of the molecule is NCC1CCN(C(=O)N2CCn3cc(-c4[nH][nH]c(=O)c4-c4cnc5ccccn45)c4cc(F)cc(c43)C2)CC1. The van der Waals surface area contributed by atoms with Crippen molar-refractivity contribution in [2.24, 2.45) is 11.7 Å². The van der Waals surface area contributed by atoms with Gasteiger partial charge >= 0.3 is 6.03 Å². The second kappa shape index (κ2) is 9.12. The quantitative estimate of drug-likeness (QED) is 0.332. The van der Waals surface area contributed by atoms with Crippen molar-refractivity contribution in [3.05, 3.63) is 70.7 Å². The van der Waals surface area contributed by atoms with Crippen LogP contribution in [0.2, 0.25) is 0 Å². The predicted molar refractivity (Wildman–Crippen MR) is 146 cm³/mol. The molecule has 0 bridgehead atoms. The van der Waals surface area contributed by atoms with Gasteiger partial charge in [0.1, 0.15) is 11.5 Å². The van der Waals surface area contributed by atoms with E-state index in [9.17, 15) is 9.59 Å². The fraction of sp³-hybridized carbons (Fsp3) is 0.321. The number of fused-ring (bicyclic) bond motifs is 1. The largest absolute Gasteiger partial charge is 0.345 e. The third kappa shape index (κ3) is 3.84. The number of amides is 2. The lowest BCUT2D eigenvalue weighted by atomic mass is 9.97. The van der Waals surface area contributed by atoms with E-state index >= 15 is 4.39 Å². The maximum absolute atomic E-state index is 15.1. The van der Waals surface area contributed by atoms with Crippen LogP contribution in [0, 0.1) is 11.7 Å². The Hall–Kier alpha value is -4.38. The molecule has 2 aliphatic rings. The summed E-state index contributed by atoms with van der Waals surface area (Å²) in [5, 5.41) is 6.43. The van der Waals surface area contributed by atoms with Gasteiger partial charge in [0, 0.05) is 56.1 Å². The summed E-state index contributed by atoms with van der Waals surface area (Å²) in [5.74, 6) is 0.0781. The number of benzene rings is 1. The van der Waals surface area contributed by atoms with E-state index in [0.29, 0.717) is 73.1 Å². The number of nitrogens with one attached hydrogen (secondary N) is 2. The van der Waals surface area contributed by atoms with E-state index in [-0.39, 0.29) is 17.4 Å². The number of halogens is 1. The molecular formula is C28H29FN8O2. The minimum Gasteiger partial charge on any atom is -0.345 e. The lowest BCUT2D eigenvalue weighted by Crippen LogP contribution is -2.47. The highest BCUT2D eigenvalue weighted by Gasteiger charge is 2.30. The van der Waals surface area contributed by atoms with Gasteiger partial charge in [-0.1, -0.05) is 6.07 Å². The van der Waals surface area contributed by atoms with Gasteiger partial charge < -0.3 is 20.1 Å². The van der Waals surface area contributed by atoms with Crippen molar-refractivity contribution in [3.63, 3.8) is 0 Å². The number of hydrogen-bond donors (Lipinski definition) is 3. The third-order valence-corrected chi connectivity index (χ3v) is 8.20. The zero-order valence-electron chi connectivity index (χ0n) is 21.4. The van der Waals surface area contributed by atoms with Crippen LogP contribution in [-0.2, 0) is 13.1 Å². The molecule has 4 N–H and O–H groups in total. The Morgan fingerprint density at radius 2 is 1.95 bits per heavy atom. The van der Waals surface area contributed by atoms with Crippen LogP contribution >= 0.6 is 0 Å². The molecule has 10 nitrogen and oxygen atoms in total. The van der Waals surface area contributed by atoms with Crippen LogP contribution < -0.4 is 11.3 Å². The Kier molecular flexibility index (Phi) is 5.55. The van der Waals surface area contributed by atoms with Gasteiger partial charge in [-0.25, -0.2) is 14.2 Å².